The number of hydrogen-bond acceptors (Lipinski definition) is 3. The molecule has 0 aromatic rings. The number of rotatable bonds is 32. The van der Waals surface area contributed by atoms with Crippen molar-refractivity contribution in [2.24, 2.45) is 0 Å². The zero-order valence-electron chi connectivity index (χ0n) is 25.5. The predicted octanol–water partition coefficient (Wildman–Crippen LogP) is 11.1. The van der Waals surface area contributed by atoms with Crippen molar-refractivity contribution >= 4 is 0 Å². The van der Waals surface area contributed by atoms with E-state index in [0.717, 1.165) is 32.5 Å². The molecule has 0 aromatic carbocycles. The zero-order valence-corrected chi connectivity index (χ0v) is 25.5. The molecule has 1 N–H and O–H groups in total. The molecule has 0 amide bonds. The van der Waals surface area contributed by atoms with Crippen LogP contribution in [0.1, 0.15) is 181 Å². The second-order valence-electron chi connectivity index (χ2n) is 11.2. The topological polar surface area (TPSA) is 38.7 Å². The van der Waals surface area contributed by atoms with Crippen LogP contribution in [0.3, 0.4) is 0 Å². The smallest absolute Gasteiger partial charge is 0.157 e. The second kappa shape index (κ2) is 33.6. The highest BCUT2D eigenvalue weighted by Crippen LogP contribution is 2.15. The number of hydrogen-bond donors (Lipinski definition) is 1. The number of aliphatic hydroxyl groups excluding tert-OH is 1. The van der Waals surface area contributed by atoms with Crippen molar-refractivity contribution in [3.8, 4) is 0 Å². The van der Waals surface area contributed by atoms with Crippen molar-refractivity contribution in [3.05, 3.63) is 12.2 Å². The fourth-order valence-electron chi connectivity index (χ4n) is 4.88. The first-order valence-electron chi connectivity index (χ1n) is 16.8. The summed E-state index contributed by atoms with van der Waals surface area (Å²) in [7, 11) is 0. The first kappa shape index (κ1) is 36.6. The molecule has 0 atom stereocenters. The summed E-state index contributed by atoms with van der Waals surface area (Å²) in [5, 5.41) is 8.79. The fraction of sp³-hybridized carbons (Fsp3) is 0.941. The molecule has 0 rings (SSSR count). The van der Waals surface area contributed by atoms with Crippen LogP contribution >= 0.6 is 0 Å². The summed E-state index contributed by atoms with van der Waals surface area (Å²) >= 11 is 0. The van der Waals surface area contributed by atoms with Crippen LogP contribution in [0, 0.1) is 0 Å². The van der Waals surface area contributed by atoms with E-state index < -0.39 is 0 Å². The van der Waals surface area contributed by atoms with Gasteiger partial charge in [-0.15, -0.1) is 0 Å². The molecule has 3 heteroatoms. The molecular weight excluding hydrogens is 456 g/mol. The molecule has 222 valence electrons. The Hall–Kier alpha value is -0.380. The fourth-order valence-corrected chi connectivity index (χ4v) is 4.88. The summed E-state index contributed by atoms with van der Waals surface area (Å²) < 4.78 is 12.4. The quantitative estimate of drug-likeness (QED) is 0.0540. The van der Waals surface area contributed by atoms with Crippen LogP contribution in [0.25, 0.3) is 0 Å². The van der Waals surface area contributed by atoms with Gasteiger partial charge in [0.1, 0.15) is 0 Å². The molecule has 37 heavy (non-hydrogen) atoms. The molecular formula is C34H68O3. The van der Waals surface area contributed by atoms with Crippen molar-refractivity contribution in [1.82, 2.24) is 0 Å². The van der Waals surface area contributed by atoms with Crippen molar-refractivity contribution < 1.29 is 14.6 Å². The Morgan fingerprint density at radius 3 is 1.30 bits per heavy atom. The van der Waals surface area contributed by atoms with Gasteiger partial charge in [0.05, 0.1) is 0 Å². The summed E-state index contributed by atoms with van der Waals surface area (Å²) in [6, 6.07) is 0. The van der Waals surface area contributed by atoms with Crippen LogP contribution in [-0.4, -0.2) is 31.2 Å². The molecule has 0 aliphatic carbocycles. The Bertz CT molecular complexity index is 401. The molecule has 0 spiro atoms. The first-order chi connectivity index (χ1) is 18.3. The maximum absolute atomic E-state index is 8.79. The number of unbranched alkanes of at least 4 members (excludes halogenated alkanes) is 21. The Kier molecular flexibility index (Phi) is 33.3. The van der Waals surface area contributed by atoms with Crippen LogP contribution in [0.2, 0.25) is 0 Å². The summed E-state index contributed by atoms with van der Waals surface area (Å²) in [6.45, 7) is 6.57. The number of aliphatic hydroxyl groups is 1. The standard InChI is InChI=1S/C34H68O3/c1-3-5-7-9-11-20-24-28-32-36-34(37-33-29-25-21-12-10-8-6-4-2)30-26-22-18-16-14-13-15-17-19-23-27-31-35/h19,23,34-35H,3-18,20-22,24-33H2,1-2H3/b23-19-. The second-order valence-corrected chi connectivity index (χ2v) is 11.2. The molecule has 0 saturated heterocycles. The third-order valence-electron chi connectivity index (χ3n) is 7.38. The lowest BCUT2D eigenvalue weighted by molar-refractivity contribution is -0.148. The van der Waals surface area contributed by atoms with Crippen molar-refractivity contribution in [2.45, 2.75) is 187 Å². The van der Waals surface area contributed by atoms with E-state index in [1.807, 2.05) is 0 Å². The average Bonchev–Trinajstić information content (AvgIpc) is 2.91. The molecule has 0 radical (unpaired) electrons. The minimum absolute atomic E-state index is 0.0137. The van der Waals surface area contributed by atoms with Gasteiger partial charge in [-0.25, -0.2) is 0 Å². The number of ether oxygens (including phenoxy) is 2. The van der Waals surface area contributed by atoms with E-state index in [1.165, 1.54) is 148 Å². The molecule has 0 aliphatic rings. The highest BCUT2D eigenvalue weighted by Gasteiger charge is 2.09. The molecule has 0 bridgehead atoms. The normalized spacial score (nSPS) is 11.9. The summed E-state index contributed by atoms with van der Waals surface area (Å²) in [5.74, 6) is 0. The monoisotopic (exact) mass is 525 g/mol. The van der Waals surface area contributed by atoms with E-state index in [-0.39, 0.29) is 12.9 Å². The van der Waals surface area contributed by atoms with Gasteiger partial charge in [0.25, 0.3) is 0 Å². The van der Waals surface area contributed by atoms with E-state index in [2.05, 4.69) is 26.0 Å². The van der Waals surface area contributed by atoms with E-state index >= 15 is 0 Å². The largest absolute Gasteiger partial charge is 0.396 e. The van der Waals surface area contributed by atoms with Crippen molar-refractivity contribution in [1.29, 1.82) is 0 Å². The summed E-state index contributed by atoms with van der Waals surface area (Å²) in [5.41, 5.74) is 0. The van der Waals surface area contributed by atoms with Gasteiger partial charge in [-0.1, -0.05) is 148 Å². The van der Waals surface area contributed by atoms with Gasteiger partial charge >= 0.3 is 0 Å². The molecule has 3 nitrogen and oxygen atoms in total. The Balaban J connectivity index is 3.88. The maximum Gasteiger partial charge on any atom is 0.157 e. The van der Waals surface area contributed by atoms with E-state index in [9.17, 15) is 0 Å². The van der Waals surface area contributed by atoms with Gasteiger partial charge in [0, 0.05) is 19.8 Å². The number of allylic oxidation sites excluding steroid dienone is 1. The molecule has 0 saturated carbocycles. The summed E-state index contributed by atoms with van der Waals surface area (Å²) in [4.78, 5) is 0. The van der Waals surface area contributed by atoms with Gasteiger partial charge in [-0.05, 0) is 44.9 Å². The summed E-state index contributed by atoms with van der Waals surface area (Å²) in [6.07, 6.45) is 38.0. The highest BCUT2D eigenvalue weighted by atomic mass is 16.7. The van der Waals surface area contributed by atoms with E-state index in [0.29, 0.717) is 0 Å². The highest BCUT2D eigenvalue weighted by molar-refractivity contribution is 4.80. The lowest BCUT2D eigenvalue weighted by atomic mass is 10.1. The molecule has 0 aromatic heterocycles. The minimum atomic E-state index is 0.0137. The Morgan fingerprint density at radius 2 is 0.838 bits per heavy atom. The molecule has 0 heterocycles. The van der Waals surface area contributed by atoms with Gasteiger partial charge in [0.2, 0.25) is 0 Å². The third kappa shape index (κ3) is 31.7. The van der Waals surface area contributed by atoms with Crippen LogP contribution in [-0.2, 0) is 9.47 Å². The van der Waals surface area contributed by atoms with Crippen molar-refractivity contribution in [3.63, 3.8) is 0 Å². The van der Waals surface area contributed by atoms with Crippen LogP contribution in [0.5, 0.6) is 0 Å². The maximum atomic E-state index is 8.79. The minimum Gasteiger partial charge on any atom is -0.396 e. The SMILES string of the molecule is CCCCCCCCCCOC(CCCCCCCCC/C=C\CCO)OCCCCCCCCCC. The third-order valence-corrected chi connectivity index (χ3v) is 7.38. The molecule has 0 aliphatic heterocycles. The first-order valence-corrected chi connectivity index (χ1v) is 16.8. The van der Waals surface area contributed by atoms with Crippen LogP contribution in [0.15, 0.2) is 12.2 Å². The van der Waals surface area contributed by atoms with Crippen molar-refractivity contribution in [2.75, 3.05) is 19.8 Å². The van der Waals surface area contributed by atoms with Crippen LogP contribution in [0.4, 0.5) is 0 Å². The van der Waals surface area contributed by atoms with Crippen LogP contribution < -0.4 is 0 Å². The van der Waals surface area contributed by atoms with Gasteiger partial charge in [-0.2, -0.15) is 0 Å². The Labute approximate surface area is 233 Å². The predicted molar refractivity (Wildman–Crippen MR) is 163 cm³/mol. The van der Waals surface area contributed by atoms with E-state index in [1.54, 1.807) is 0 Å². The lowest BCUT2D eigenvalue weighted by Gasteiger charge is -2.19. The van der Waals surface area contributed by atoms with Gasteiger partial charge in [0.15, 0.2) is 6.29 Å². The average molecular weight is 525 g/mol. The lowest BCUT2D eigenvalue weighted by Crippen LogP contribution is -2.19. The molecule has 0 unspecified atom stereocenters. The van der Waals surface area contributed by atoms with E-state index in [4.69, 9.17) is 14.6 Å². The van der Waals surface area contributed by atoms with Gasteiger partial charge < -0.3 is 14.6 Å². The molecule has 0 fully saturated rings. The van der Waals surface area contributed by atoms with Gasteiger partial charge in [-0.3, -0.25) is 0 Å². The zero-order chi connectivity index (χ0) is 26.9. The Morgan fingerprint density at radius 1 is 0.459 bits per heavy atom.